The zero-order valence-electron chi connectivity index (χ0n) is 19.0. The van der Waals surface area contributed by atoms with Gasteiger partial charge in [-0.1, -0.05) is 38.1 Å². The number of rotatable bonds is 5. The van der Waals surface area contributed by atoms with Crippen LogP contribution in [-0.4, -0.2) is 18.4 Å². The van der Waals surface area contributed by atoms with Crippen molar-refractivity contribution in [2.45, 2.75) is 40.2 Å². The highest BCUT2D eigenvalue weighted by atomic mass is 16.7. The number of benzene rings is 2. The second-order valence-corrected chi connectivity index (χ2v) is 9.28. The number of para-hydroxylation sites is 1. The van der Waals surface area contributed by atoms with Crippen LogP contribution in [0.5, 0.6) is 11.5 Å². The Hall–Kier alpha value is -3.74. The van der Waals surface area contributed by atoms with E-state index in [9.17, 15) is 4.79 Å². The van der Waals surface area contributed by atoms with E-state index < -0.39 is 0 Å². The summed E-state index contributed by atoms with van der Waals surface area (Å²) in [7, 11) is 0. The molecule has 0 saturated heterocycles. The normalized spacial score (nSPS) is 17.0. The van der Waals surface area contributed by atoms with Crippen LogP contribution in [0.25, 0.3) is 0 Å². The Morgan fingerprint density at radius 2 is 1.85 bits per heavy atom. The average molecular weight is 446 g/mol. The van der Waals surface area contributed by atoms with Crippen LogP contribution in [0.1, 0.15) is 53.3 Å². The van der Waals surface area contributed by atoms with Crippen molar-refractivity contribution < 1.29 is 18.7 Å². The number of ether oxygens (including phenoxy) is 2. The molecule has 3 aromatic rings. The number of anilines is 1. The van der Waals surface area contributed by atoms with Crippen molar-refractivity contribution >= 4 is 17.3 Å². The van der Waals surface area contributed by atoms with Crippen LogP contribution in [0.2, 0.25) is 0 Å². The molecule has 0 spiro atoms. The van der Waals surface area contributed by atoms with Crippen LogP contribution in [-0.2, 0) is 13.0 Å². The predicted octanol–water partition coefficient (Wildman–Crippen LogP) is 5.04. The molecule has 7 heteroatoms. The number of hydrogen-bond donors (Lipinski definition) is 2. The van der Waals surface area contributed by atoms with Gasteiger partial charge in [-0.25, -0.2) is 0 Å². The van der Waals surface area contributed by atoms with Gasteiger partial charge in [0.2, 0.25) is 6.79 Å². The summed E-state index contributed by atoms with van der Waals surface area (Å²) in [5.74, 6) is 2.32. The summed E-state index contributed by atoms with van der Waals surface area (Å²) in [6, 6.07) is 15.5. The molecule has 170 valence electrons. The smallest absolute Gasteiger partial charge is 0.287 e. The number of carbonyl (C=O) groups is 1. The van der Waals surface area contributed by atoms with Gasteiger partial charge >= 0.3 is 0 Å². The van der Waals surface area contributed by atoms with Crippen molar-refractivity contribution in [1.82, 2.24) is 5.32 Å². The summed E-state index contributed by atoms with van der Waals surface area (Å²) >= 11 is 0. The molecule has 1 amide bonds. The number of fused-ring (bicyclic) bond motifs is 2. The second kappa shape index (κ2) is 8.31. The van der Waals surface area contributed by atoms with Gasteiger partial charge in [0, 0.05) is 24.1 Å². The van der Waals surface area contributed by atoms with Crippen LogP contribution in [0.3, 0.4) is 0 Å². The molecule has 0 unspecified atom stereocenters. The van der Waals surface area contributed by atoms with Gasteiger partial charge in [0.05, 0.1) is 11.4 Å². The summed E-state index contributed by atoms with van der Waals surface area (Å²) in [6.45, 7) is 6.88. The second-order valence-electron chi connectivity index (χ2n) is 9.28. The van der Waals surface area contributed by atoms with Gasteiger partial charge in [0.25, 0.3) is 5.91 Å². The highest BCUT2D eigenvalue weighted by molar-refractivity contribution is 6.07. The standard InChI is InChI=1S/C26H27N3O4/c1-16-23-19(29-28-18-7-5-4-6-8-18)12-26(2,3)13-22(23)33-24(16)25(30)27-14-17-9-10-20-21(11-17)32-15-31-20/h4-11,28H,12-15H2,1-3H3,(H,27,30)/b29-19-. The Morgan fingerprint density at radius 3 is 2.67 bits per heavy atom. The molecule has 1 aliphatic carbocycles. The van der Waals surface area contributed by atoms with Gasteiger partial charge in [0.15, 0.2) is 17.3 Å². The van der Waals surface area contributed by atoms with Crippen molar-refractivity contribution in [2.75, 3.05) is 12.2 Å². The molecule has 0 radical (unpaired) electrons. The van der Waals surface area contributed by atoms with E-state index >= 15 is 0 Å². The molecule has 33 heavy (non-hydrogen) atoms. The number of hydrogen-bond acceptors (Lipinski definition) is 6. The number of hydrazone groups is 1. The van der Waals surface area contributed by atoms with E-state index in [1.165, 1.54) is 0 Å². The van der Waals surface area contributed by atoms with E-state index in [0.29, 0.717) is 18.1 Å². The van der Waals surface area contributed by atoms with Gasteiger partial charge in [-0.15, -0.1) is 0 Å². The first-order valence-electron chi connectivity index (χ1n) is 11.1. The molecule has 7 nitrogen and oxygen atoms in total. The van der Waals surface area contributed by atoms with Crippen molar-refractivity contribution in [3.63, 3.8) is 0 Å². The first kappa shape index (κ1) is 21.1. The zero-order chi connectivity index (χ0) is 23.0. The minimum atomic E-state index is -0.243. The fourth-order valence-electron chi connectivity index (χ4n) is 4.38. The molecular weight excluding hydrogens is 418 g/mol. The maximum atomic E-state index is 13.0. The Kier molecular flexibility index (Phi) is 5.32. The van der Waals surface area contributed by atoms with Crippen LogP contribution in [0, 0.1) is 12.3 Å². The van der Waals surface area contributed by atoms with E-state index in [-0.39, 0.29) is 18.1 Å². The molecule has 2 N–H and O–H groups in total. The number of carbonyl (C=O) groups excluding carboxylic acids is 1. The number of amides is 1. The third kappa shape index (κ3) is 4.31. The lowest BCUT2D eigenvalue weighted by Crippen LogP contribution is -2.27. The Morgan fingerprint density at radius 1 is 1.06 bits per heavy atom. The molecule has 1 aromatic heterocycles. The third-order valence-electron chi connectivity index (χ3n) is 5.98. The van der Waals surface area contributed by atoms with Crippen molar-refractivity contribution in [3.05, 3.63) is 76.7 Å². The van der Waals surface area contributed by atoms with Crippen molar-refractivity contribution in [1.29, 1.82) is 0 Å². The predicted molar refractivity (Wildman–Crippen MR) is 126 cm³/mol. The molecule has 2 heterocycles. The summed E-state index contributed by atoms with van der Waals surface area (Å²) in [4.78, 5) is 13.0. The maximum Gasteiger partial charge on any atom is 0.287 e. The molecule has 0 fully saturated rings. The lowest BCUT2D eigenvalue weighted by atomic mass is 9.75. The minimum absolute atomic E-state index is 0.0191. The van der Waals surface area contributed by atoms with E-state index in [4.69, 9.17) is 19.0 Å². The number of nitrogens with one attached hydrogen (secondary N) is 2. The molecule has 0 atom stereocenters. The molecule has 0 saturated carbocycles. The first-order valence-corrected chi connectivity index (χ1v) is 11.1. The summed E-state index contributed by atoms with van der Waals surface area (Å²) in [5.41, 5.74) is 7.63. The van der Waals surface area contributed by atoms with Crippen molar-refractivity contribution in [3.8, 4) is 11.5 Å². The monoisotopic (exact) mass is 445 g/mol. The molecule has 2 aliphatic rings. The fourth-order valence-corrected chi connectivity index (χ4v) is 4.38. The Balaban J connectivity index is 1.37. The summed E-state index contributed by atoms with van der Waals surface area (Å²) < 4.78 is 16.9. The summed E-state index contributed by atoms with van der Waals surface area (Å²) in [5, 5.41) is 7.67. The zero-order valence-corrected chi connectivity index (χ0v) is 19.0. The lowest BCUT2D eigenvalue weighted by molar-refractivity contribution is 0.0919. The van der Waals surface area contributed by atoms with Gasteiger partial charge in [-0.05, 0) is 48.6 Å². The highest BCUT2D eigenvalue weighted by Crippen LogP contribution is 2.39. The SMILES string of the molecule is Cc1c(C(=O)NCc2ccc3c(c2)OCO3)oc2c1/C(=N\Nc1ccccc1)CC(C)(C)C2. The first-order chi connectivity index (χ1) is 15.9. The van der Waals surface area contributed by atoms with Crippen LogP contribution in [0.15, 0.2) is 58.0 Å². The quantitative estimate of drug-likeness (QED) is 0.538. The average Bonchev–Trinajstić information content (AvgIpc) is 3.39. The minimum Gasteiger partial charge on any atom is -0.455 e. The molecule has 5 rings (SSSR count). The highest BCUT2D eigenvalue weighted by Gasteiger charge is 2.36. The van der Waals surface area contributed by atoms with E-state index in [1.807, 2.05) is 55.5 Å². The van der Waals surface area contributed by atoms with Crippen molar-refractivity contribution in [2.24, 2.45) is 10.5 Å². The van der Waals surface area contributed by atoms with Crippen LogP contribution in [0.4, 0.5) is 5.69 Å². The fraction of sp³-hybridized carbons (Fsp3) is 0.308. The maximum absolute atomic E-state index is 13.0. The number of furan rings is 1. The van der Waals surface area contributed by atoms with E-state index in [1.54, 1.807) is 0 Å². The van der Waals surface area contributed by atoms with Crippen LogP contribution < -0.4 is 20.2 Å². The lowest BCUT2D eigenvalue weighted by Gasteiger charge is -2.29. The topological polar surface area (TPSA) is 85.1 Å². The molecule has 1 aliphatic heterocycles. The largest absolute Gasteiger partial charge is 0.455 e. The Labute approximate surface area is 192 Å². The summed E-state index contributed by atoms with van der Waals surface area (Å²) in [6.07, 6.45) is 1.54. The number of nitrogens with zero attached hydrogens (tertiary/aromatic N) is 1. The van der Waals surface area contributed by atoms with Gasteiger partial charge in [-0.3, -0.25) is 10.2 Å². The van der Waals surface area contributed by atoms with Gasteiger partial charge < -0.3 is 19.2 Å². The Bertz CT molecular complexity index is 1230. The molecular formula is C26H27N3O4. The van der Waals surface area contributed by atoms with Gasteiger partial charge in [0.1, 0.15) is 5.76 Å². The van der Waals surface area contributed by atoms with E-state index in [0.717, 1.165) is 52.4 Å². The third-order valence-corrected chi connectivity index (χ3v) is 5.98. The molecule has 0 bridgehead atoms. The van der Waals surface area contributed by atoms with Crippen LogP contribution >= 0.6 is 0 Å². The van der Waals surface area contributed by atoms with E-state index in [2.05, 4.69) is 24.6 Å². The molecule has 2 aromatic carbocycles. The van der Waals surface area contributed by atoms with Gasteiger partial charge in [-0.2, -0.15) is 5.10 Å².